The highest BCUT2D eigenvalue weighted by Gasteiger charge is 2.30. The quantitative estimate of drug-likeness (QED) is 0.0899. The Kier molecular flexibility index (Phi) is 12.2. The first-order chi connectivity index (χ1) is 27.8. The molecule has 0 atom stereocenters. The smallest absolute Gasteiger partial charge is 0.357 e. The zero-order valence-corrected chi connectivity index (χ0v) is 36.3. The van der Waals surface area contributed by atoms with Gasteiger partial charge in [-0.25, -0.2) is 0 Å². The second kappa shape index (κ2) is 17.9. The molecule has 0 saturated heterocycles. The van der Waals surface area contributed by atoms with Crippen LogP contribution in [-0.4, -0.2) is 0 Å². The van der Waals surface area contributed by atoms with Crippen LogP contribution in [0.5, 0.6) is 23.0 Å². The minimum absolute atomic E-state index is 0.196. The van der Waals surface area contributed by atoms with Crippen LogP contribution >= 0.6 is 0 Å². The van der Waals surface area contributed by atoms with Gasteiger partial charge in [-0.2, -0.15) is 0 Å². The lowest BCUT2D eigenvalue weighted by Gasteiger charge is -2.10. The number of benzene rings is 8. The molecular formula is C52H44IO2S2+3. The van der Waals surface area contributed by atoms with Crippen LogP contribution < -0.4 is 30.7 Å². The first kappa shape index (κ1) is 38.7. The molecule has 0 heterocycles. The molecule has 280 valence electrons. The average molecular weight is 892 g/mol. The van der Waals surface area contributed by atoms with Gasteiger partial charge < -0.3 is 9.47 Å². The van der Waals surface area contributed by atoms with Gasteiger partial charge in [-0.1, -0.05) is 70.8 Å². The Bertz CT molecular complexity index is 2240. The van der Waals surface area contributed by atoms with Crippen molar-refractivity contribution in [3.63, 3.8) is 0 Å². The van der Waals surface area contributed by atoms with Gasteiger partial charge in [-0.15, -0.1) is 0 Å². The van der Waals surface area contributed by atoms with E-state index in [1.54, 1.807) is 0 Å². The van der Waals surface area contributed by atoms with Gasteiger partial charge >= 0.3 is 21.2 Å². The van der Waals surface area contributed by atoms with Crippen LogP contribution in [0, 0.1) is 34.8 Å². The van der Waals surface area contributed by atoms with Crippen molar-refractivity contribution in [1.29, 1.82) is 0 Å². The van der Waals surface area contributed by atoms with Crippen LogP contribution in [0.3, 0.4) is 0 Å². The zero-order valence-electron chi connectivity index (χ0n) is 32.5. The van der Waals surface area contributed by atoms with E-state index in [4.69, 9.17) is 9.47 Å². The van der Waals surface area contributed by atoms with Crippen molar-refractivity contribution in [2.45, 2.75) is 57.1 Å². The number of aryl methyl sites for hydroxylation is 4. The Morgan fingerprint density at radius 1 is 0.263 bits per heavy atom. The Morgan fingerprint density at radius 2 is 0.456 bits per heavy atom. The summed E-state index contributed by atoms with van der Waals surface area (Å²) in [5, 5.41) is 0. The molecule has 0 amide bonds. The largest absolute Gasteiger partial charge is 0.457 e. The van der Waals surface area contributed by atoms with E-state index in [2.05, 4.69) is 222 Å². The van der Waals surface area contributed by atoms with Crippen molar-refractivity contribution in [1.82, 2.24) is 0 Å². The molecule has 0 aliphatic carbocycles. The third-order valence-electron chi connectivity index (χ3n) is 9.46. The predicted octanol–water partition coefficient (Wildman–Crippen LogP) is 10.8. The number of hydrogen-bond acceptors (Lipinski definition) is 2. The van der Waals surface area contributed by atoms with Gasteiger partial charge in [0.15, 0.2) is 36.5 Å². The number of rotatable bonds is 12. The Hall–Kier alpha value is -5.21. The van der Waals surface area contributed by atoms with Crippen LogP contribution in [-0.2, 0) is 21.8 Å². The molecule has 0 aromatic heterocycles. The van der Waals surface area contributed by atoms with E-state index >= 15 is 0 Å². The third-order valence-corrected chi connectivity index (χ3v) is 16.6. The molecule has 0 aliphatic heterocycles. The average Bonchev–Trinajstić information content (AvgIpc) is 3.23. The van der Waals surface area contributed by atoms with Crippen molar-refractivity contribution in [3.8, 4) is 23.0 Å². The van der Waals surface area contributed by atoms with Crippen molar-refractivity contribution >= 4 is 21.8 Å². The van der Waals surface area contributed by atoms with Crippen LogP contribution in [0.4, 0.5) is 0 Å². The topological polar surface area (TPSA) is 18.5 Å². The van der Waals surface area contributed by atoms with Crippen LogP contribution in [0.2, 0.25) is 0 Å². The Labute approximate surface area is 353 Å². The maximum absolute atomic E-state index is 6.31. The van der Waals surface area contributed by atoms with Crippen LogP contribution in [0.1, 0.15) is 22.3 Å². The number of hydrogen-bond donors (Lipinski definition) is 0. The monoisotopic (exact) mass is 891 g/mol. The van der Waals surface area contributed by atoms with Crippen LogP contribution in [0.15, 0.2) is 223 Å². The maximum Gasteiger partial charge on any atom is 0.357 e. The standard InChI is InChI=1S/C52H44IO2S2/c1-37-5-25-47(26-6-37)56(48-27-7-38(2)8-28-48)51-33-21-45(22-34-51)54-43-17-13-41(14-18-43)53-42-15-19-44(20-16-42)55-46-23-35-52(36-24-46)57(49-29-9-39(3)10-30-49)50-31-11-40(4)12-32-50/h5-36H,1-4H3/q+3. The fourth-order valence-corrected chi connectivity index (χ4v) is 12.6. The lowest BCUT2D eigenvalue weighted by molar-refractivity contribution is -0.597. The van der Waals surface area contributed by atoms with E-state index in [1.165, 1.54) is 58.8 Å². The molecule has 8 aromatic rings. The number of halogens is 1. The van der Waals surface area contributed by atoms with Crippen LogP contribution in [0.25, 0.3) is 0 Å². The first-order valence-corrected chi connectivity index (χ1v) is 23.6. The summed E-state index contributed by atoms with van der Waals surface area (Å²) in [5.41, 5.74) is 5.08. The van der Waals surface area contributed by atoms with Crippen molar-refractivity contribution < 1.29 is 30.7 Å². The van der Waals surface area contributed by atoms with Crippen molar-refractivity contribution in [2.75, 3.05) is 0 Å². The molecule has 8 aromatic carbocycles. The highest BCUT2D eigenvalue weighted by atomic mass is 127. The molecule has 0 saturated carbocycles. The van der Waals surface area contributed by atoms with Gasteiger partial charge in [0.25, 0.3) is 0 Å². The molecule has 0 aliphatic rings. The molecule has 0 radical (unpaired) electrons. The van der Waals surface area contributed by atoms with Gasteiger partial charge in [0.2, 0.25) is 0 Å². The molecule has 8 rings (SSSR count). The van der Waals surface area contributed by atoms with Gasteiger partial charge in [0, 0.05) is 0 Å². The van der Waals surface area contributed by atoms with Crippen molar-refractivity contribution in [2.24, 2.45) is 0 Å². The van der Waals surface area contributed by atoms with Gasteiger partial charge in [0.05, 0.1) is 21.8 Å². The molecule has 0 unspecified atom stereocenters. The second-order valence-corrected chi connectivity index (χ2v) is 21.1. The molecule has 0 spiro atoms. The van der Waals surface area contributed by atoms with Gasteiger partial charge in [-0.05, 0) is 173 Å². The normalized spacial score (nSPS) is 11.2. The lowest BCUT2D eigenvalue weighted by Crippen LogP contribution is -3.61. The van der Waals surface area contributed by atoms with E-state index in [-0.39, 0.29) is 43.0 Å². The SMILES string of the molecule is Cc1ccc([S+](c2ccc(C)cc2)c2ccc(Oc3ccc([I+]c4ccc(Oc5ccc([S+](c6ccc(C)cc6)c6ccc(C)cc6)cc5)cc4)cc3)cc2)cc1. The molecule has 0 fully saturated rings. The maximum atomic E-state index is 6.31. The zero-order chi connectivity index (χ0) is 39.1. The molecule has 57 heavy (non-hydrogen) atoms. The summed E-state index contributed by atoms with van der Waals surface area (Å²) in [4.78, 5) is 7.78. The van der Waals surface area contributed by atoms with E-state index in [9.17, 15) is 0 Å². The Morgan fingerprint density at radius 3 is 0.684 bits per heavy atom. The lowest BCUT2D eigenvalue weighted by atomic mass is 10.2. The summed E-state index contributed by atoms with van der Waals surface area (Å²) in [6.07, 6.45) is 0. The minimum atomic E-state index is -0.350. The fourth-order valence-electron chi connectivity index (χ4n) is 6.33. The third kappa shape index (κ3) is 9.85. The molecule has 2 nitrogen and oxygen atoms in total. The summed E-state index contributed by atoms with van der Waals surface area (Å²) in [6.45, 7) is 8.54. The summed E-state index contributed by atoms with van der Waals surface area (Å²) in [7, 11) is -0.393. The molecular weight excluding hydrogens is 848 g/mol. The summed E-state index contributed by atoms with van der Waals surface area (Å²) in [6, 6.07) is 69.9. The van der Waals surface area contributed by atoms with Gasteiger partial charge in [-0.3, -0.25) is 0 Å². The molecule has 0 bridgehead atoms. The summed E-state index contributed by atoms with van der Waals surface area (Å²) < 4.78 is 15.3. The highest BCUT2D eigenvalue weighted by molar-refractivity contribution is 7.97. The fraction of sp³-hybridized carbons (Fsp3) is 0.0769. The summed E-state index contributed by atoms with van der Waals surface area (Å²) >= 11 is -0.350. The van der Waals surface area contributed by atoms with Gasteiger partial charge in [0.1, 0.15) is 23.0 Å². The Balaban J connectivity index is 0.888. The van der Waals surface area contributed by atoms with E-state index in [1.807, 2.05) is 0 Å². The highest BCUT2D eigenvalue weighted by Crippen LogP contribution is 2.35. The first-order valence-electron chi connectivity index (χ1n) is 19.0. The summed E-state index contributed by atoms with van der Waals surface area (Å²) in [5.74, 6) is 3.35. The molecule has 5 heteroatoms. The van der Waals surface area contributed by atoms with E-state index < -0.39 is 0 Å². The minimum Gasteiger partial charge on any atom is -0.457 e. The van der Waals surface area contributed by atoms with Crippen molar-refractivity contribution in [3.05, 3.63) is 224 Å². The van der Waals surface area contributed by atoms with E-state index in [0.29, 0.717) is 0 Å². The number of ether oxygens (including phenoxy) is 2. The second-order valence-electron chi connectivity index (χ2n) is 14.0. The predicted molar refractivity (Wildman–Crippen MR) is 232 cm³/mol. The van der Waals surface area contributed by atoms with E-state index in [0.717, 1.165) is 23.0 Å². The molecule has 0 N–H and O–H groups in total.